The fraction of sp³-hybridized carbons (Fsp3) is 0.368. The third-order valence-corrected chi connectivity index (χ3v) is 4.75. The number of aromatic nitrogens is 2. The molecule has 7 heteroatoms. The summed E-state index contributed by atoms with van der Waals surface area (Å²) in [6.45, 7) is 6.40. The van der Waals surface area contributed by atoms with Gasteiger partial charge >= 0.3 is 6.03 Å². The summed E-state index contributed by atoms with van der Waals surface area (Å²) in [7, 11) is 1.78. The number of nitrogens with one attached hydrogen (secondary N) is 1. The molecule has 3 rings (SSSR count). The molecule has 1 aromatic heterocycles. The van der Waals surface area contributed by atoms with Crippen LogP contribution in [0, 0.1) is 13.8 Å². The van der Waals surface area contributed by atoms with Gasteiger partial charge in [-0.15, -0.1) is 0 Å². The van der Waals surface area contributed by atoms with Crippen LogP contribution >= 0.6 is 0 Å². The summed E-state index contributed by atoms with van der Waals surface area (Å²) in [5.41, 5.74) is 4.50. The number of likely N-dealkylation sites (N-methyl/N-ethyl adjacent to an activating group) is 1. The molecule has 1 aliphatic heterocycles. The minimum Gasteiger partial charge on any atom is -0.350 e. The minimum absolute atomic E-state index is 0.0123. The lowest BCUT2D eigenvalue weighted by molar-refractivity contribution is 0.0950. The van der Waals surface area contributed by atoms with Gasteiger partial charge in [0.1, 0.15) is 0 Å². The standard InChI is InChI=1S/C19H23N5O2/c1-13-12-21-22-17(14(13)2)15-4-6-16(7-5-15)18(25)20-8-9-24-11-10-23(3)19(24)26/h4-7,12H,8-11H2,1-3H3,(H,20,25). The Labute approximate surface area is 153 Å². The summed E-state index contributed by atoms with van der Waals surface area (Å²) in [5, 5.41) is 11.1. The van der Waals surface area contributed by atoms with Crippen molar-refractivity contribution in [3.8, 4) is 11.3 Å². The van der Waals surface area contributed by atoms with Crippen LogP contribution in [0.2, 0.25) is 0 Å². The predicted octanol–water partition coefficient (Wildman–Crippen LogP) is 1.86. The van der Waals surface area contributed by atoms with Gasteiger partial charge in [-0.1, -0.05) is 12.1 Å². The van der Waals surface area contributed by atoms with Crippen molar-refractivity contribution >= 4 is 11.9 Å². The second-order valence-corrected chi connectivity index (χ2v) is 6.53. The molecule has 0 aliphatic carbocycles. The highest BCUT2D eigenvalue weighted by Crippen LogP contribution is 2.22. The van der Waals surface area contributed by atoms with Crippen molar-refractivity contribution in [1.82, 2.24) is 25.3 Å². The van der Waals surface area contributed by atoms with Crippen LogP contribution in [0.1, 0.15) is 21.5 Å². The molecule has 136 valence electrons. The van der Waals surface area contributed by atoms with E-state index in [-0.39, 0.29) is 11.9 Å². The molecule has 0 spiro atoms. The number of amides is 3. The molecule has 0 saturated carbocycles. The SMILES string of the molecule is Cc1cnnc(-c2ccc(C(=O)NCCN3CCN(C)C3=O)cc2)c1C. The van der Waals surface area contributed by atoms with E-state index in [2.05, 4.69) is 15.5 Å². The van der Waals surface area contributed by atoms with E-state index in [1.165, 1.54) is 0 Å². The Morgan fingerprint density at radius 3 is 2.58 bits per heavy atom. The number of carbonyl (C=O) groups excluding carboxylic acids is 2. The Kier molecular flexibility index (Phi) is 5.16. The second kappa shape index (κ2) is 7.51. The largest absolute Gasteiger partial charge is 0.350 e. The van der Waals surface area contributed by atoms with E-state index in [1.54, 1.807) is 35.2 Å². The molecule has 7 nitrogen and oxygen atoms in total. The summed E-state index contributed by atoms with van der Waals surface area (Å²) >= 11 is 0. The number of benzene rings is 1. The van der Waals surface area contributed by atoms with Crippen molar-refractivity contribution in [1.29, 1.82) is 0 Å². The molecular weight excluding hydrogens is 330 g/mol. The fourth-order valence-electron chi connectivity index (χ4n) is 2.90. The van der Waals surface area contributed by atoms with Crippen molar-refractivity contribution in [2.75, 3.05) is 33.2 Å². The third-order valence-electron chi connectivity index (χ3n) is 4.75. The van der Waals surface area contributed by atoms with Crippen molar-refractivity contribution in [3.63, 3.8) is 0 Å². The van der Waals surface area contributed by atoms with Crippen molar-refractivity contribution < 1.29 is 9.59 Å². The first-order chi connectivity index (χ1) is 12.5. The Morgan fingerprint density at radius 1 is 1.19 bits per heavy atom. The van der Waals surface area contributed by atoms with Gasteiger partial charge in [-0.05, 0) is 37.1 Å². The third kappa shape index (κ3) is 3.66. The number of rotatable bonds is 5. The first-order valence-corrected chi connectivity index (χ1v) is 8.65. The molecule has 0 bridgehead atoms. The summed E-state index contributed by atoms with van der Waals surface area (Å²) in [6.07, 6.45) is 1.74. The zero-order valence-electron chi connectivity index (χ0n) is 15.3. The number of urea groups is 1. The Morgan fingerprint density at radius 2 is 1.92 bits per heavy atom. The van der Waals surface area contributed by atoms with Gasteiger partial charge in [0, 0.05) is 44.4 Å². The Hall–Kier alpha value is -2.96. The molecule has 26 heavy (non-hydrogen) atoms. The Bertz CT molecular complexity index is 819. The number of hydrogen-bond donors (Lipinski definition) is 1. The second-order valence-electron chi connectivity index (χ2n) is 6.53. The summed E-state index contributed by atoms with van der Waals surface area (Å²) in [4.78, 5) is 27.5. The highest BCUT2D eigenvalue weighted by molar-refractivity contribution is 5.94. The molecule has 2 aromatic rings. The fourth-order valence-corrected chi connectivity index (χ4v) is 2.90. The zero-order chi connectivity index (χ0) is 18.7. The van der Waals surface area contributed by atoms with Gasteiger partial charge in [0.05, 0.1) is 11.9 Å². The van der Waals surface area contributed by atoms with E-state index in [9.17, 15) is 9.59 Å². The van der Waals surface area contributed by atoms with Gasteiger partial charge in [-0.2, -0.15) is 10.2 Å². The topological polar surface area (TPSA) is 78.4 Å². The van der Waals surface area contributed by atoms with Crippen LogP contribution in [0.5, 0.6) is 0 Å². The maximum absolute atomic E-state index is 12.3. The van der Waals surface area contributed by atoms with E-state index in [4.69, 9.17) is 0 Å². The smallest absolute Gasteiger partial charge is 0.319 e. The van der Waals surface area contributed by atoms with E-state index >= 15 is 0 Å². The van der Waals surface area contributed by atoms with Gasteiger partial charge < -0.3 is 15.1 Å². The summed E-state index contributed by atoms with van der Waals surface area (Å²) in [5.74, 6) is -0.149. The van der Waals surface area contributed by atoms with Gasteiger partial charge in [-0.3, -0.25) is 4.79 Å². The Balaban J connectivity index is 1.59. The quantitative estimate of drug-likeness (QED) is 0.890. The summed E-state index contributed by atoms with van der Waals surface area (Å²) < 4.78 is 0. The zero-order valence-corrected chi connectivity index (χ0v) is 15.3. The lowest BCUT2D eigenvalue weighted by atomic mass is 10.0. The molecule has 0 unspecified atom stereocenters. The van der Waals surface area contributed by atoms with E-state index in [0.717, 1.165) is 28.9 Å². The monoisotopic (exact) mass is 353 g/mol. The first-order valence-electron chi connectivity index (χ1n) is 8.65. The highest BCUT2D eigenvalue weighted by Gasteiger charge is 2.24. The predicted molar refractivity (Wildman–Crippen MR) is 98.9 cm³/mol. The molecule has 2 heterocycles. The van der Waals surface area contributed by atoms with E-state index < -0.39 is 0 Å². The summed E-state index contributed by atoms with van der Waals surface area (Å²) in [6, 6.07) is 7.33. The lowest BCUT2D eigenvalue weighted by Gasteiger charge is -2.16. The van der Waals surface area contributed by atoms with Crippen LogP contribution in [-0.2, 0) is 0 Å². The van der Waals surface area contributed by atoms with Crippen molar-refractivity contribution in [2.45, 2.75) is 13.8 Å². The van der Waals surface area contributed by atoms with Crippen LogP contribution in [0.4, 0.5) is 4.79 Å². The van der Waals surface area contributed by atoms with Crippen molar-refractivity contribution in [2.24, 2.45) is 0 Å². The molecule has 1 fully saturated rings. The van der Waals surface area contributed by atoms with Crippen LogP contribution in [0.15, 0.2) is 30.5 Å². The van der Waals surface area contributed by atoms with Crippen LogP contribution < -0.4 is 5.32 Å². The van der Waals surface area contributed by atoms with Gasteiger partial charge in [0.2, 0.25) is 0 Å². The average Bonchev–Trinajstić information content (AvgIpc) is 2.96. The maximum Gasteiger partial charge on any atom is 0.319 e. The van der Waals surface area contributed by atoms with Gasteiger partial charge in [0.25, 0.3) is 5.91 Å². The van der Waals surface area contributed by atoms with Crippen LogP contribution in [0.25, 0.3) is 11.3 Å². The minimum atomic E-state index is -0.149. The molecule has 0 radical (unpaired) electrons. The number of nitrogens with zero attached hydrogens (tertiary/aromatic N) is 4. The average molecular weight is 353 g/mol. The van der Waals surface area contributed by atoms with Crippen molar-refractivity contribution in [3.05, 3.63) is 47.2 Å². The van der Waals surface area contributed by atoms with Gasteiger partial charge in [-0.25, -0.2) is 4.79 Å². The molecular formula is C19H23N5O2. The van der Waals surface area contributed by atoms with E-state index in [0.29, 0.717) is 25.2 Å². The number of aryl methyl sites for hydroxylation is 1. The molecule has 3 amide bonds. The lowest BCUT2D eigenvalue weighted by Crippen LogP contribution is -2.37. The molecule has 1 aromatic carbocycles. The molecule has 0 atom stereocenters. The first kappa shape index (κ1) is 17.8. The highest BCUT2D eigenvalue weighted by atomic mass is 16.2. The maximum atomic E-state index is 12.3. The normalized spacial score (nSPS) is 14.0. The van der Waals surface area contributed by atoms with Crippen LogP contribution in [0.3, 0.4) is 0 Å². The molecule has 1 N–H and O–H groups in total. The molecule has 1 aliphatic rings. The van der Waals surface area contributed by atoms with Gasteiger partial charge in [0.15, 0.2) is 0 Å². The van der Waals surface area contributed by atoms with Crippen LogP contribution in [-0.4, -0.2) is 65.2 Å². The van der Waals surface area contributed by atoms with E-state index in [1.807, 2.05) is 26.0 Å². The number of carbonyl (C=O) groups is 2. The molecule has 1 saturated heterocycles. The number of hydrogen-bond acceptors (Lipinski definition) is 4.